The van der Waals surface area contributed by atoms with Gasteiger partial charge in [-0.25, -0.2) is 9.18 Å². The number of halogens is 1. The molecule has 0 atom stereocenters. The van der Waals surface area contributed by atoms with Crippen molar-refractivity contribution in [2.45, 2.75) is 13.5 Å². The zero-order valence-corrected chi connectivity index (χ0v) is 16.0. The highest BCUT2D eigenvalue weighted by atomic mass is 19.1. The van der Waals surface area contributed by atoms with E-state index in [-0.39, 0.29) is 18.3 Å². The van der Waals surface area contributed by atoms with Crippen molar-refractivity contribution >= 4 is 5.97 Å². The van der Waals surface area contributed by atoms with Crippen molar-refractivity contribution in [3.63, 3.8) is 0 Å². The molecule has 0 bridgehead atoms. The molecule has 30 heavy (non-hydrogen) atoms. The molecule has 0 spiro atoms. The van der Waals surface area contributed by atoms with Crippen LogP contribution in [-0.4, -0.2) is 26.3 Å². The molecule has 1 aromatic heterocycles. The number of rotatable bonds is 5. The predicted molar refractivity (Wildman–Crippen MR) is 108 cm³/mol. The van der Waals surface area contributed by atoms with Crippen LogP contribution in [0.5, 0.6) is 0 Å². The summed E-state index contributed by atoms with van der Waals surface area (Å²) in [5, 5.41) is 22.7. The molecule has 6 nitrogen and oxygen atoms in total. The number of hydrogen-bond donors (Lipinski definition) is 2. The lowest BCUT2D eigenvalue weighted by molar-refractivity contribution is 0.0692. The maximum Gasteiger partial charge on any atom is 0.338 e. The Morgan fingerprint density at radius 2 is 1.80 bits per heavy atom. The van der Waals surface area contributed by atoms with Crippen LogP contribution in [0.25, 0.3) is 34.0 Å². The molecule has 0 fully saturated rings. The average Bonchev–Trinajstić information content (AvgIpc) is 3.24. The minimum Gasteiger partial charge on any atom is -0.478 e. The van der Waals surface area contributed by atoms with E-state index in [4.69, 9.17) is 9.63 Å². The van der Waals surface area contributed by atoms with Gasteiger partial charge in [-0.3, -0.25) is 0 Å². The van der Waals surface area contributed by atoms with Crippen molar-refractivity contribution in [1.82, 2.24) is 10.1 Å². The summed E-state index contributed by atoms with van der Waals surface area (Å²) in [6.45, 7) is 1.84. The molecule has 0 amide bonds. The quantitative estimate of drug-likeness (QED) is 0.500. The van der Waals surface area contributed by atoms with Gasteiger partial charge in [0.1, 0.15) is 5.82 Å². The summed E-state index contributed by atoms with van der Waals surface area (Å²) >= 11 is 0. The third-order valence-corrected chi connectivity index (χ3v) is 4.84. The molecule has 4 aromatic rings. The number of nitrogens with zero attached hydrogens (tertiary/aromatic N) is 2. The third kappa shape index (κ3) is 3.58. The molecule has 0 aliphatic heterocycles. The molecule has 0 radical (unpaired) electrons. The smallest absolute Gasteiger partial charge is 0.338 e. The maximum absolute atomic E-state index is 14.0. The van der Waals surface area contributed by atoms with E-state index in [0.717, 1.165) is 28.8 Å². The first kappa shape index (κ1) is 19.5. The van der Waals surface area contributed by atoms with Crippen LogP contribution in [-0.2, 0) is 6.61 Å². The van der Waals surface area contributed by atoms with Crippen LogP contribution in [0.15, 0.2) is 65.2 Å². The summed E-state index contributed by atoms with van der Waals surface area (Å²) < 4.78 is 19.3. The monoisotopic (exact) mass is 404 g/mol. The van der Waals surface area contributed by atoms with Crippen LogP contribution >= 0.6 is 0 Å². The standard InChI is InChI=1S/C23H17FN2O4/c1-13-4-2-3-5-17(13)18-8-7-15(10-16(18)12-27)22-25-21(26-30-22)14-6-9-19(23(28)29)20(24)11-14/h2-11,27H,12H2,1H3,(H,28,29). The first-order chi connectivity index (χ1) is 14.5. The molecule has 0 unspecified atom stereocenters. The molecular formula is C23H17FN2O4. The second kappa shape index (κ2) is 7.88. The number of aliphatic hydroxyl groups is 1. The first-order valence-corrected chi connectivity index (χ1v) is 9.15. The summed E-state index contributed by atoms with van der Waals surface area (Å²) in [7, 11) is 0. The minimum absolute atomic E-state index is 0.134. The summed E-state index contributed by atoms with van der Waals surface area (Å²) in [5.74, 6) is -1.89. The highest BCUT2D eigenvalue weighted by Gasteiger charge is 2.16. The Labute approximate surface area is 171 Å². The van der Waals surface area contributed by atoms with E-state index in [0.29, 0.717) is 16.7 Å². The van der Waals surface area contributed by atoms with Gasteiger partial charge in [0.15, 0.2) is 0 Å². The number of benzene rings is 3. The zero-order valence-electron chi connectivity index (χ0n) is 16.0. The van der Waals surface area contributed by atoms with E-state index in [2.05, 4.69) is 10.1 Å². The molecule has 0 aliphatic carbocycles. The lowest BCUT2D eigenvalue weighted by Gasteiger charge is -2.11. The molecule has 1 heterocycles. The van der Waals surface area contributed by atoms with Crippen LogP contribution in [0.3, 0.4) is 0 Å². The number of carboxylic acids is 1. The number of carbonyl (C=O) groups is 1. The fraction of sp³-hybridized carbons (Fsp3) is 0.0870. The number of aromatic carboxylic acids is 1. The number of aromatic nitrogens is 2. The summed E-state index contributed by atoms with van der Waals surface area (Å²) in [6.07, 6.45) is 0. The van der Waals surface area contributed by atoms with Crippen LogP contribution < -0.4 is 0 Å². The van der Waals surface area contributed by atoms with Crippen LogP contribution in [0.1, 0.15) is 21.5 Å². The lowest BCUT2D eigenvalue weighted by atomic mass is 9.95. The SMILES string of the molecule is Cc1ccccc1-c1ccc(-c2nc(-c3ccc(C(=O)O)c(F)c3)no2)cc1CO. The normalized spacial score (nSPS) is 10.9. The van der Waals surface area contributed by atoms with E-state index >= 15 is 0 Å². The molecule has 4 rings (SSSR count). The topological polar surface area (TPSA) is 96.5 Å². The minimum atomic E-state index is -1.35. The van der Waals surface area contributed by atoms with Gasteiger partial charge in [0.2, 0.25) is 5.82 Å². The van der Waals surface area contributed by atoms with Gasteiger partial charge < -0.3 is 14.7 Å². The van der Waals surface area contributed by atoms with E-state index in [1.54, 1.807) is 6.07 Å². The highest BCUT2D eigenvalue weighted by molar-refractivity contribution is 5.88. The zero-order chi connectivity index (χ0) is 21.3. The Morgan fingerprint density at radius 1 is 1.03 bits per heavy atom. The molecule has 2 N–H and O–H groups in total. The molecule has 0 aliphatic rings. The second-order valence-electron chi connectivity index (χ2n) is 6.77. The van der Waals surface area contributed by atoms with Crippen LogP contribution in [0, 0.1) is 12.7 Å². The van der Waals surface area contributed by atoms with Crippen molar-refractivity contribution in [3.05, 3.63) is 83.2 Å². The van der Waals surface area contributed by atoms with E-state index in [1.807, 2.05) is 43.3 Å². The van der Waals surface area contributed by atoms with Gasteiger partial charge in [-0.05, 0) is 59.5 Å². The molecule has 0 saturated heterocycles. The van der Waals surface area contributed by atoms with Crippen LogP contribution in [0.4, 0.5) is 4.39 Å². The lowest BCUT2D eigenvalue weighted by Crippen LogP contribution is -2.00. The maximum atomic E-state index is 14.0. The Hall–Kier alpha value is -3.84. The van der Waals surface area contributed by atoms with E-state index in [1.165, 1.54) is 6.07 Å². The van der Waals surface area contributed by atoms with Gasteiger partial charge in [-0.1, -0.05) is 35.5 Å². The van der Waals surface area contributed by atoms with Crippen molar-refractivity contribution in [1.29, 1.82) is 0 Å². The fourth-order valence-electron chi connectivity index (χ4n) is 3.28. The average molecular weight is 404 g/mol. The largest absolute Gasteiger partial charge is 0.478 e. The number of aliphatic hydroxyl groups excluding tert-OH is 1. The highest BCUT2D eigenvalue weighted by Crippen LogP contribution is 2.31. The Bertz CT molecular complexity index is 1250. The first-order valence-electron chi connectivity index (χ1n) is 9.15. The molecule has 3 aromatic carbocycles. The summed E-state index contributed by atoms with van der Waals surface area (Å²) in [5.41, 5.74) is 4.20. The van der Waals surface area contributed by atoms with Crippen molar-refractivity contribution in [3.8, 4) is 34.0 Å². The summed E-state index contributed by atoms with van der Waals surface area (Å²) in [6, 6.07) is 17.0. The van der Waals surface area contributed by atoms with Gasteiger partial charge in [0.05, 0.1) is 12.2 Å². The molecular weight excluding hydrogens is 387 g/mol. The number of carboxylic acid groups (broad SMARTS) is 1. The van der Waals surface area contributed by atoms with Crippen molar-refractivity contribution < 1.29 is 23.9 Å². The number of hydrogen-bond acceptors (Lipinski definition) is 5. The predicted octanol–water partition coefficient (Wildman–Crippen LogP) is 4.71. The van der Waals surface area contributed by atoms with E-state index in [9.17, 15) is 14.3 Å². The second-order valence-corrected chi connectivity index (χ2v) is 6.77. The Morgan fingerprint density at radius 3 is 2.50 bits per heavy atom. The third-order valence-electron chi connectivity index (χ3n) is 4.84. The van der Waals surface area contributed by atoms with Crippen molar-refractivity contribution in [2.75, 3.05) is 0 Å². The Balaban J connectivity index is 1.69. The van der Waals surface area contributed by atoms with Gasteiger partial charge in [0, 0.05) is 11.1 Å². The van der Waals surface area contributed by atoms with Crippen LogP contribution in [0.2, 0.25) is 0 Å². The van der Waals surface area contributed by atoms with Crippen molar-refractivity contribution in [2.24, 2.45) is 0 Å². The van der Waals surface area contributed by atoms with Gasteiger partial charge in [-0.2, -0.15) is 4.98 Å². The molecule has 0 saturated carbocycles. The van der Waals surface area contributed by atoms with E-state index < -0.39 is 17.3 Å². The molecule has 7 heteroatoms. The summed E-state index contributed by atoms with van der Waals surface area (Å²) in [4.78, 5) is 15.2. The number of aryl methyl sites for hydroxylation is 1. The van der Waals surface area contributed by atoms with Gasteiger partial charge in [0.25, 0.3) is 5.89 Å². The Kier molecular flexibility index (Phi) is 5.12. The van der Waals surface area contributed by atoms with Gasteiger partial charge >= 0.3 is 5.97 Å². The van der Waals surface area contributed by atoms with Gasteiger partial charge in [-0.15, -0.1) is 0 Å². The fourth-order valence-corrected chi connectivity index (χ4v) is 3.28. The molecule has 150 valence electrons.